The van der Waals surface area contributed by atoms with Crippen LogP contribution in [0.5, 0.6) is 0 Å². The van der Waals surface area contributed by atoms with Gasteiger partial charge in [-0.1, -0.05) is 18.0 Å². The molecule has 1 saturated carbocycles. The van der Waals surface area contributed by atoms with E-state index in [9.17, 15) is 14.8 Å². The Hall–Kier alpha value is -2.43. The molecule has 0 unspecified atom stereocenters. The Bertz CT molecular complexity index is 1060. The molecule has 10 heteroatoms. The van der Waals surface area contributed by atoms with Crippen molar-refractivity contribution in [3.05, 3.63) is 44.6 Å². The summed E-state index contributed by atoms with van der Waals surface area (Å²) in [7, 11) is 0. The minimum Gasteiger partial charge on any atom is -0.409 e. The maximum atomic E-state index is 13.3. The second-order valence-corrected chi connectivity index (χ2v) is 10.8. The van der Waals surface area contributed by atoms with Gasteiger partial charge in [0.15, 0.2) is 5.84 Å². The van der Waals surface area contributed by atoms with Crippen LogP contribution in [0.4, 0.5) is 11.4 Å². The van der Waals surface area contributed by atoms with Gasteiger partial charge in [0.1, 0.15) is 5.54 Å². The number of amides is 2. The highest BCUT2D eigenvalue weighted by Gasteiger charge is 2.42. The van der Waals surface area contributed by atoms with Gasteiger partial charge >= 0.3 is 0 Å². The summed E-state index contributed by atoms with van der Waals surface area (Å²) >= 11 is 4.73. The fourth-order valence-electron chi connectivity index (χ4n) is 4.44. The monoisotopic (exact) mass is 534 g/mol. The molecule has 0 atom stereocenters. The number of hydrogen-bond acceptors (Lipinski definition) is 6. The standard InChI is InChI=1S/C23H27BrN4O4S/c1-15-14-16(4-5-17(15)28-11-13-32-12-8-20(28)27-31)25-22(30)23(9-2-3-10-23)26-21(29)18-6-7-19(24)33-18/h4-7,14,31H,2-3,8-13H2,1H3,(H,25,30)(H,26,29). The third-order valence-corrected chi connectivity index (χ3v) is 7.77. The molecule has 1 aliphatic heterocycles. The van der Waals surface area contributed by atoms with Gasteiger partial charge in [0.2, 0.25) is 5.91 Å². The smallest absolute Gasteiger partial charge is 0.262 e. The number of hydrogen-bond donors (Lipinski definition) is 3. The van der Waals surface area contributed by atoms with E-state index >= 15 is 0 Å². The van der Waals surface area contributed by atoms with Crippen molar-refractivity contribution in [3.8, 4) is 0 Å². The molecule has 2 aromatic rings. The minimum atomic E-state index is -0.918. The molecule has 2 heterocycles. The largest absolute Gasteiger partial charge is 0.409 e. The van der Waals surface area contributed by atoms with Gasteiger partial charge in [-0.15, -0.1) is 11.3 Å². The van der Waals surface area contributed by atoms with Gasteiger partial charge in [0.25, 0.3) is 5.91 Å². The molecule has 0 radical (unpaired) electrons. The number of rotatable bonds is 5. The SMILES string of the molecule is Cc1cc(NC(=O)C2(NC(=O)c3ccc(Br)s3)CCCC2)ccc1N1CCOCCC1=NO. The van der Waals surface area contributed by atoms with Crippen molar-refractivity contribution in [2.45, 2.75) is 44.6 Å². The number of nitrogens with zero attached hydrogens (tertiary/aromatic N) is 2. The van der Waals surface area contributed by atoms with E-state index in [0.29, 0.717) is 55.4 Å². The quantitative estimate of drug-likeness (QED) is 0.386. The van der Waals surface area contributed by atoms with E-state index in [-0.39, 0.29) is 11.8 Å². The van der Waals surface area contributed by atoms with Crippen molar-refractivity contribution in [2.24, 2.45) is 5.16 Å². The number of ether oxygens (including phenoxy) is 1. The number of anilines is 2. The van der Waals surface area contributed by atoms with Gasteiger partial charge in [-0.25, -0.2) is 0 Å². The molecule has 2 aliphatic rings. The third kappa shape index (κ3) is 5.23. The van der Waals surface area contributed by atoms with E-state index in [1.54, 1.807) is 6.07 Å². The molecule has 4 rings (SSSR count). The molecule has 0 bridgehead atoms. The van der Waals surface area contributed by atoms with Crippen LogP contribution < -0.4 is 15.5 Å². The lowest BCUT2D eigenvalue weighted by atomic mass is 9.95. The second-order valence-electron chi connectivity index (χ2n) is 8.33. The first-order valence-corrected chi connectivity index (χ1v) is 12.6. The highest BCUT2D eigenvalue weighted by molar-refractivity contribution is 9.11. The summed E-state index contributed by atoms with van der Waals surface area (Å²) in [5, 5.41) is 18.9. The Morgan fingerprint density at radius 2 is 2.00 bits per heavy atom. The Morgan fingerprint density at radius 3 is 2.67 bits per heavy atom. The lowest BCUT2D eigenvalue weighted by Gasteiger charge is -2.29. The van der Waals surface area contributed by atoms with E-state index in [1.807, 2.05) is 36.1 Å². The predicted molar refractivity (Wildman–Crippen MR) is 132 cm³/mol. The molecule has 176 valence electrons. The first kappa shape index (κ1) is 23.7. The molecule has 1 aromatic carbocycles. The Balaban J connectivity index is 1.50. The van der Waals surface area contributed by atoms with E-state index < -0.39 is 5.54 Å². The van der Waals surface area contributed by atoms with Crippen LogP contribution in [0, 0.1) is 6.92 Å². The average molecular weight is 535 g/mol. The van der Waals surface area contributed by atoms with E-state index in [1.165, 1.54) is 11.3 Å². The summed E-state index contributed by atoms with van der Waals surface area (Å²) in [6, 6.07) is 9.22. The highest BCUT2D eigenvalue weighted by Crippen LogP contribution is 2.33. The molecule has 1 aliphatic carbocycles. The number of carbonyl (C=O) groups excluding carboxylic acids is 2. The number of carbonyl (C=O) groups is 2. The summed E-state index contributed by atoms with van der Waals surface area (Å²) in [6.45, 7) is 3.59. The van der Waals surface area contributed by atoms with Crippen LogP contribution in [0.15, 0.2) is 39.3 Å². The Labute approximate surface area is 205 Å². The zero-order valence-corrected chi connectivity index (χ0v) is 20.8. The summed E-state index contributed by atoms with van der Waals surface area (Å²) in [5.74, 6) is 0.130. The van der Waals surface area contributed by atoms with Gasteiger partial charge in [-0.05, 0) is 71.6 Å². The molecule has 3 N–H and O–H groups in total. The summed E-state index contributed by atoms with van der Waals surface area (Å²) in [4.78, 5) is 28.6. The number of benzene rings is 1. The number of aryl methyl sites for hydroxylation is 1. The Morgan fingerprint density at radius 1 is 1.21 bits per heavy atom. The highest BCUT2D eigenvalue weighted by atomic mass is 79.9. The summed E-state index contributed by atoms with van der Waals surface area (Å²) in [5.41, 5.74) is 1.58. The molecule has 1 aromatic heterocycles. The van der Waals surface area contributed by atoms with Crippen LogP contribution in [-0.2, 0) is 9.53 Å². The van der Waals surface area contributed by atoms with Crippen LogP contribution in [0.1, 0.15) is 47.3 Å². The molecule has 8 nitrogen and oxygen atoms in total. The zero-order valence-electron chi connectivity index (χ0n) is 18.4. The van der Waals surface area contributed by atoms with E-state index in [2.05, 4.69) is 31.7 Å². The number of thiophene rings is 1. The lowest BCUT2D eigenvalue weighted by molar-refractivity contribution is -0.122. The molecule has 0 spiro atoms. The van der Waals surface area contributed by atoms with Crippen molar-refractivity contribution < 1.29 is 19.5 Å². The van der Waals surface area contributed by atoms with Crippen molar-refractivity contribution in [3.63, 3.8) is 0 Å². The summed E-state index contributed by atoms with van der Waals surface area (Å²) < 4.78 is 6.37. The topological polar surface area (TPSA) is 103 Å². The fourth-order valence-corrected chi connectivity index (χ4v) is 5.72. The molecule has 2 fully saturated rings. The first-order valence-electron chi connectivity index (χ1n) is 11.0. The number of oxime groups is 1. The van der Waals surface area contributed by atoms with Gasteiger partial charge in [0, 0.05) is 24.3 Å². The van der Waals surface area contributed by atoms with Crippen LogP contribution in [0.3, 0.4) is 0 Å². The van der Waals surface area contributed by atoms with Crippen molar-refractivity contribution in [1.82, 2.24) is 5.32 Å². The third-order valence-electron chi connectivity index (χ3n) is 6.14. The molecular weight excluding hydrogens is 508 g/mol. The molecule has 1 saturated heterocycles. The maximum absolute atomic E-state index is 13.3. The van der Waals surface area contributed by atoms with E-state index in [4.69, 9.17) is 4.74 Å². The number of nitrogens with one attached hydrogen (secondary N) is 2. The molecule has 2 amide bonds. The lowest BCUT2D eigenvalue weighted by Crippen LogP contribution is -2.54. The number of halogens is 1. The van der Waals surface area contributed by atoms with Crippen LogP contribution >= 0.6 is 27.3 Å². The minimum absolute atomic E-state index is 0.197. The fraction of sp³-hybridized carbons (Fsp3) is 0.435. The average Bonchev–Trinajstić information content (AvgIpc) is 3.38. The zero-order chi connectivity index (χ0) is 23.4. The van der Waals surface area contributed by atoms with Crippen LogP contribution in [0.2, 0.25) is 0 Å². The second kappa shape index (κ2) is 10.2. The van der Waals surface area contributed by atoms with Gasteiger partial charge in [0.05, 0.1) is 21.9 Å². The van der Waals surface area contributed by atoms with Gasteiger partial charge in [-0.3, -0.25) is 9.59 Å². The van der Waals surface area contributed by atoms with Crippen molar-refractivity contribution in [2.75, 3.05) is 30.0 Å². The first-order chi connectivity index (χ1) is 15.9. The predicted octanol–water partition coefficient (Wildman–Crippen LogP) is 4.51. The number of amidine groups is 1. The Kier molecular flexibility index (Phi) is 7.35. The van der Waals surface area contributed by atoms with Crippen LogP contribution in [-0.4, -0.2) is 48.2 Å². The van der Waals surface area contributed by atoms with Gasteiger partial charge < -0.3 is 25.5 Å². The normalized spacial score (nSPS) is 19.3. The van der Waals surface area contributed by atoms with Gasteiger partial charge in [-0.2, -0.15) is 0 Å². The molecular formula is C23H27BrN4O4S. The van der Waals surface area contributed by atoms with Crippen molar-refractivity contribution in [1.29, 1.82) is 0 Å². The van der Waals surface area contributed by atoms with Crippen molar-refractivity contribution >= 4 is 56.3 Å². The maximum Gasteiger partial charge on any atom is 0.262 e. The summed E-state index contributed by atoms with van der Waals surface area (Å²) in [6.07, 6.45) is 3.52. The molecule has 33 heavy (non-hydrogen) atoms. The van der Waals surface area contributed by atoms with Crippen LogP contribution in [0.25, 0.3) is 0 Å². The van der Waals surface area contributed by atoms with E-state index in [0.717, 1.165) is 27.9 Å².